The number of halogens is 1. The molecule has 4 heterocycles. The Balaban J connectivity index is 1.52. The smallest absolute Gasteiger partial charge is 0.407 e. The monoisotopic (exact) mass is 544 g/mol. The van der Waals surface area contributed by atoms with Crippen LogP contribution in [0.4, 0.5) is 10.7 Å². The SMILES string of the molecule is C[C@@H]1OCC2(CCN(c3nc4n[nH]c(I)c4c(=O)n3C)CC2)[C@@H]1NC(=O)OC(C)(C)C. The van der Waals surface area contributed by atoms with Crippen LogP contribution in [0.1, 0.15) is 40.5 Å². The lowest BCUT2D eigenvalue weighted by Gasteiger charge is -2.43. The van der Waals surface area contributed by atoms with Crippen molar-refractivity contribution in [3.8, 4) is 0 Å². The summed E-state index contributed by atoms with van der Waals surface area (Å²) in [6.07, 6.45) is 1.11. The molecule has 0 unspecified atom stereocenters. The van der Waals surface area contributed by atoms with Crippen LogP contribution in [-0.4, -0.2) is 63.3 Å². The van der Waals surface area contributed by atoms with Gasteiger partial charge in [-0.3, -0.25) is 14.5 Å². The highest BCUT2D eigenvalue weighted by Gasteiger charge is 2.50. The predicted octanol–water partition coefficient (Wildman–Crippen LogP) is 2.16. The molecule has 0 saturated carbocycles. The topological polar surface area (TPSA) is 114 Å². The molecule has 2 aliphatic rings. The first-order chi connectivity index (χ1) is 14.5. The van der Waals surface area contributed by atoms with Crippen LogP contribution in [0, 0.1) is 9.12 Å². The molecule has 2 saturated heterocycles. The fourth-order valence-corrected chi connectivity index (χ4v) is 5.18. The Bertz CT molecular complexity index is 1050. The third kappa shape index (κ3) is 4.13. The Morgan fingerprint density at radius 2 is 2.03 bits per heavy atom. The van der Waals surface area contributed by atoms with E-state index >= 15 is 0 Å². The third-order valence-electron chi connectivity index (χ3n) is 6.20. The molecule has 0 aliphatic carbocycles. The van der Waals surface area contributed by atoms with Gasteiger partial charge in [0.2, 0.25) is 5.95 Å². The highest BCUT2D eigenvalue weighted by molar-refractivity contribution is 14.1. The zero-order valence-electron chi connectivity index (χ0n) is 18.5. The first-order valence-electron chi connectivity index (χ1n) is 10.5. The maximum atomic E-state index is 12.8. The first-order valence-corrected chi connectivity index (χ1v) is 11.6. The van der Waals surface area contributed by atoms with Gasteiger partial charge < -0.3 is 19.7 Å². The van der Waals surface area contributed by atoms with E-state index in [4.69, 9.17) is 9.47 Å². The van der Waals surface area contributed by atoms with Crippen LogP contribution >= 0.6 is 22.6 Å². The fraction of sp³-hybridized carbons (Fsp3) is 0.700. The molecule has 2 fully saturated rings. The Morgan fingerprint density at radius 3 is 2.68 bits per heavy atom. The molecule has 1 spiro atoms. The van der Waals surface area contributed by atoms with Gasteiger partial charge in [0.1, 0.15) is 14.7 Å². The van der Waals surface area contributed by atoms with Crippen LogP contribution in [0.2, 0.25) is 0 Å². The van der Waals surface area contributed by atoms with Gasteiger partial charge >= 0.3 is 6.09 Å². The van der Waals surface area contributed by atoms with Crippen LogP contribution in [0.3, 0.4) is 0 Å². The van der Waals surface area contributed by atoms with Gasteiger partial charge in [-0.1, -0.05) is 0 Å². The number of anilines is 1. The molecule has 2 aliphatic heterocycles. The second kappa shape index (κ2) is 7.91. The van der Waals surface area contributed by atoms with Crippen molar-refractivity contribution < 1.29 is 14.3 Å². The number of aromatic nitrogens is 4. The van der Waals surface area contributed by atoms with E-state index in [2.05, 4.69) is 48.0 Å². The standard InChI is InChI=1S/C20H29IN6O4/c1-11-13(22-18(29)31-19(2,3)4)20(10-30-11)6-8-27(9-7-20)17-23-15-12(14(21)24-25-15)16(28)26(17)5/h11,13H,6-10H2,1-5H3,(H,22,29)(H,24,25)/t11-,13+/m0/s1. The molecule has 170 valence electrons. The number of alkyl carbamates (subject to hydrolysis) is 1. The molecule has 1 amide bonds. The number of rotatable bonds is 2. The van der Waals surface area contributed by atoms with Crippen LogP contribution < -0.4 is 15.8 Å². The molecule has 2 aromatic heterocycles. The molecule has 31 heavy (non-hydrogen) atoms. The number of nitrogens with zero attached hydrogens (tertiary/aromatic N) is 4. The zero-order valence-corrected chi connectivity index (χ0v) is 20.6. The number of hydrogen-bond donors (Lipinski definition) is 2. The van der Waals surface area contributed by atoms with Gasteiger partial charge in [-0.2, -0.15) is 10.1 Å². The Kier molecular flexibility index (Phi) is 5.69. The van der Waals surface area contributed by atoms with Crippen LogP contribution in [0.5, 0.6) is 0 Å². The molecule has 0 bridgehead atoms. The molecule has 4 rings (SSSR count). The van der Waals surface area contributed by atoms with Crippen LogP contribution in [0.25, 0.3) is 11.0 Å². The van der Waals surface area contributed by atoms with Gasteiger partial charge in [-0.05, 0) is 63.1 Å². The lowest BCUT2D eigenvalue weighted by atomic mass is 9.73. The fourth-order valence-electron chi connectivity index (χ4n) is 4.59. The van der Waals surface area contributed by atoms with E-state index in [1.54, 1.807) is 11.6 Å². The second-order valence-corrected chi connectivity index (χ2v) is 10.6. The van der Waals surface area contributed by atoms with E-state index in [1.165, 1.54) is 0 Å². The third-order valence-corrected chi connectivity index (χ3v) is 6.99. The minimum atomic E-state index is -0.553. The van der Waals surface area contributed by atoms with E-state index in [0.29, 0.717) is 40.4 Å². The van der Waals surface area contributed by atoms with Gasteiger partial charge in [0.15, 0.2) is 5.65 Å². The molecule has 10 nitrogen and oxygen atoms in total. The number of aromatic amines is 1. The predicted molar refractivity (Wildman–Crippen MR) is 124 cm³/mol. The average molecular weight is 544 g/mol. The number of carbonyl (C=O) groups is 1. The number of hydrogen-bond acceptors (Lipinski definition) is 7. The quantitative estimate of drug-likeness (QED) is 0.557. The van der Waals surface area contributed by atoms with Crippen molar-refractivity contribution in [1.82, 2.24) is 25.1 Å². The minimum Gasteiger partial charge on any atom is -0.444 e. The molecule has 11 heteroatoms. The lowest BCUT2D eigenvalue weighted by molar-refractivity contribution is 0.0434. The van der Waals surface area contributed by atoms with Crippen molar-refractivity contribution in [2.75, 3.05) is 24.6 Å². The average Bonchev–Trinajstić information content (AvgIpc) is 3.20. The van der Waals surface area contributed by atoms with Gasteiger partial charge in [0, 0.05) is 25.6 Å². The van der Waals surface area contributed by atoms with E-state index in [9.17, 15) is 9.59 Å². The summed E-state index contributed by atoms with van der Waals surface area (Å²) < 4.78 is 13.7. The second-order valence-electron chi connectivity index (χ2n) is 9.50. The number of ether oxygens (including phenoxy) is 2. The number of H-pyrrole nitrogens is 1. The first kappa shape index (κ1) is 22.3. The van der Waals surface area contributed by atoms with Crippen molar-refractivity contribution in [3.63, 3.8) is 0 Å². The summed E-state index contributed by atoms with van der Waals surface area (Å²) in [7, 11) is 1.74. The van der Waals surface area contributed by atoms with Crippen molar-refractivity contribution in [2.45, 2.75) is 58.3 Å². The van der Waals surface area contributed by atoms with Gasteiger partial charge in [0.25, 0.3) is 5.56 Å². The molecular formula is C20H29IN6O4. The highest BCUT2D eigenvalue weighted by Crippen LogP contribution is 2.43. The van der Waals surface area contributed by atoms with E-state index in [1.807, 2.05) is 27.7 Å². The number of nitrogens with one attached hydrogen (secondary N) is 2. The van der Waals surface area contributed by atoms with Crippen molar-refractivity contribution >= 4 is 45.7 Å². The van der Waals surface area contributed by atoms with Crippen LogP contribution in [0.15, 0.2) is 4.79 Å². The molecule has 2 atom stereocenters. The number of fused-ring (bicyclic) bond motifs is 1. The zero-order chi connectivity index (χ0) is 22.6. The summed E-state index contributed by atoms with van der Waals surface area (Å²) in [6.45, 7) is 9.54. The van der Waals surface area contributed by atoms with E-state index in [-0.39, 0.29) is 23.1 Å². The maximum Gasteiger partial charge on any atom is 0.407 e. The molecular weight excluding hydrogens is 515 g/mol. The lowest BCUT2D eigenvalue weighted by Crippen LogP contribution is -2.55. The van der Waals surface area contributed by atoms with Crippen LogP contribution in [-0.2, 0) is 16.5 Å². The summed E-state index contributed by atoms with van der Waals surface area (Å²) in [5, 5.41) is 10.6. The largest absolute Gasteiger partial charge is 0.444 e. The minimum absolute atomic E-state index is 0.0935. The summed E-state index contributed by atoms with van der Waals surface area (Å²) in [5.74, 6) is 0.610. The van der Waals surface area contributed by atoms with E-state index < -0.39 is 11.7 Å². The van der Waals surface area contributed by atoms with Gasteiger partial charge in [-0.15, -0.1) is 0 Å². The molecule has 2 N–H and O–H groups in total. The highest BCUT2D eigenvalue weighted by atomic mass is 127. The summed E-state index contributed by atoms with van der Waals surface area (Å²) >= 11 is 2.06. The molecule has 0 radical (unpaired) electrons. The Hall–Kier alpha value is -1.89. The Morgan fingerprint density at radius 1 is 1.35 bits per heavy atom. The number of carbonyl (C=O) groups excluding carboxylic acids is 1. The summed E-state index contributed by atoms with van der Waals surface area (Å²) in [4.78, 5) is 32.0. The maximum absolute atomic E-state index is 12.8. The summed E-state index contributed by atoms with van der Waals surface area (Å²) in [5.41, 5.74) is -0.397. The molecule has 0 aromatic carbocycles. The molecule has 2 aromatic rings. The van der Waals surface area contributed by atoms with Crippen molar-refractivity contribution in [3.05, 3.63) is 14.1 Å². The normalized spacial score (nSPS) is 23.5. The Labute approximate surface area is 194 Å². The van der Waals surface area contributed by atoms with Gasteiger partial charge in [0.05, 0.1) is 18.8 Å². The number of piperidine rings is 1. The van der Waals surface area contributed by atoms with Crippen molar-refractivity contribution in [2.24, 2.45) is 12.5 Å². The van der Waals surface area contributed by atoms with Crippen molar-refractivity contribution in [1.29, 1.82) is 0 Å². The number of amides is 1. The van der Waals surface area contributed by atoms with Gasteiger partial charge in [-0.25, -0.2) is 4.79 Å². The summed E-state index contributed by atoms with van der Waals surface area (Å²) in [6, 6.07) is -0.128. The van der Waals surface area contributed by atoms with E-state index in [0.717, 1.165) is 12.8 Å².